The fourth-order valence-electron chi connectivity index (χ4n) is 2.08. The van der Waals surface area contributed by atoms with Crippen LogP contribution in [0.3, 0.4) is 0 Å². The minimum absolute atomic E-state index is 0.0193. The summed E-state index contributed by atoms with van der Waals surface area (Å²) < 4.78 is 10.5. The Morgan fingerprint density at radius 3 is 2.75 bits per heavy atom. The number of carbonyl (C=O) groups is 2. The molecule has 0 aromatic heterocycles. The van der Waals surface area contributed by atoms with Gasteiger partial charge in [-0.3, -0.25) is 9.59 Å². The standard InChI is InChI=1S/C14H16N2O4/c1-9(17)16(7-14(18)15-10-2-3-10)11-4-5-12-13(6-11)20-8-19-12/h4-6,10H,2-3,7-8H2,1H3,(H,15,18). The lowest BCUT2D eigenvalue weighted by atomic mass is 10.2. The Bertz CT molecular complexity index is 554. The molecular formula is C14H16N2O4. The lowest BCUT2D eigenvalue weighted by Gasteiger charge is -2.21. The van der Waals surface area contributed by atoms with Gasteiger partial charge in [-0.15, -0.1) is 0 Å². The van der Waals surface area contributed by atoms with Crippen molar-refractivity contribution in [3.05, 3.63) is 18.2 Å². The van der Waals surface area contributed by atoms with Gasteiger partial charge in [0.1, 0.15) is 6.54 Å². The summed E-state index contributed by atoms with van der Waals surface area (Å²) in [5, 5.41) is 2.87. The molecule has 2 amide bonds. The van der Waals surface area contributed by atoms with Gasteiger partial charge in [-0.1, -0.05) is 0 Å². The number of hydrogen-bond acceptors (Lipinski definition) is 4. The van der Waals surface area contributed by atoms with Crippen LogP contribution in [0.15, 0.2) is 18.2 Å². The number of amides is 2. The molecule has 0 atom stereocenters. The van der Waals surface area contributed by atoms with Crippen LogP contribution in [-0.2, 0) is 9.59 Å². The zero-order valence-electron chi connectivity index (χ0n) is 11.2. The van der Waals surface area contributed by atoms with E-state index in [0.717, 1.165) is 12.8 Å². The van der Waals surface area contributed by atoms with Crippen molar-refractivity contribution in [1.29, 1.82) is 0 Å². The summed E-state index contributed by atoms with van der Waals surface area (Å²) in [6, 6.07) is 5.49. The highest BCUT2D eigenvalue weighted by atomic mass is 16.7. The molecule has 0 saturated heterocycles. The number of fused-ring (bicyclic) bond motifs is 1. The van der Waals surface area contributed by atoms with Crippen molar-refractivity contribution in [3.8, 4) is 11.5 Å². The van der Waals surface area contributed by atoms with Gasteiger partial charge in [0.2, 0.25) is 18.6 Å². The molecule has 0 unspecified atom stereocenters. The molecule has 3 rings (SSSR count). The van der Waals surface area contributed by atoms with E-state index >= 15 is 0 Å². The van der Waals surface area contributed by atoms with Gasteiger partial charge in [0.15, 0.2) is 11.5 Å². The molecule has 1 aliphatic carbocycles. The van der Waals surface area contributed by atoms with Crippen LogP contribution in [0.4, 0.5) is 5.69 Å². The van der Waals surface area contributed by atoms with Crippen molar-refractivity contribution in [2.24, 2.45) is 0 Å². The molecule has 20 heavy (non-hydrogen) atoms. The minimum Gasteiger partial charge on any atom is -0.454 e. The summed E-state index contributed by atoms with van der Waals surface area (Å²) in [5.74, 6) is 0.922. The van der Waals surface area contributed by atoms with E-state index in [4.69, 9.17) is 9.47 Å². The van der Waals surface area contributed by atoms with E-state index in [1.165, 1.54) is 11.8 Å². The van der Waals surface area contributed by atoms with Gasteiger partial charge in [0.25, 0.3) is 0 Å². The Labute approximate surface area is 116 Å². The molecule has 1 heterocycles. The van der Waals surface area contributed by atoms with Crippen molar-refractivity contribution >= 4 is 17.5 Å². The highest BCUT2D eigenvalue weighted by Crippen LogP contribution is 2.35. The first kappa shape index (κ1) is 12.8. The summed E-state index contributed by atoms with van der Waals surface area (Å²) >= 11 is 0. The van der Waals surface area contributed by atoms with E-state index in [1.807, 2.05) is 0 Å². The van der Waals surface area contributed by atoms with Gasteiger partial charge < -0.3 is 19.7 Å². The van der Waals surface area contributed by atoms with Gasteiger partial charge in [0, 0.05) is 24.7 Å². The van der Waals surface area contributed by atoms with Gasteiger partial charge in [-0.05, 0) is 25.0 Å². The van der Waals surface area contributed by atoms with E-state index in [1.54, 1.807) is 18.2 Å². The van der Waals surface area contributed by atoms with Crippen molar-refractivity contribution in [2.75, 3.05) is 18.2 Å². The highest BCUT2D eigenvalue weighted by Gasteiger charge is 2.25. The van der Waals surface area contributed by atoms with Crippen LogP contribution in [0.1, 0.15) is 19.8 Å². The molecule has 0 spiro atoms. The quantitative estimate of drug-likeness (QED) is 0.892. The maximum absolute atomic E-state index is 11.9. The first-order valence-electron chi connectivity index (χ1n) is 6.60. The maximum Gasteiger partial charge on any atom is 0.240 e. The predicted octanol–water partition coefficient (Wildman–Crippen LogP) is 1.05. The van der Waals surface area contributed by atoms with E-state index in [2.05, 4.69) is 5.32 Å². The molecule has 6 nitrogen and oxygen atoms in total. The molecule has 1 aromatic rings. The zero-order chi connectivity index (χ0) is 14.1. The average molecular weight is 276 g/mol. The number of rotatable bonds is 4. The molecule has 2 aliphatic rings. The van der Waals surface area contributed by atoms with E-state index in [-0.39, 0.29) is 31.2 Å². The third-order valence-corrected chi connectivity index (χ3v) is 3.29. The van der Waals surface area contributed by atoms with Crippen molar-refractivity contribution in [2.45, 2.75) is 25.8 Å². The normalized spacial score (nSPS) is 15.8. The smallest absolute Gasteiger partial charge is 0.240 e. The summed E-state index contributed by atoms with van der Waals surface area (Å²) in [4.78, 5) is 25.0. The summed E-state index contributed by atoms with van der Waals surface area (Å²) in [5.41, 5.74) is 0.632. The van der Waals surface area contributed by atoms with Crippen LogP contribution in [0.5, 0.6) is 11.5 Å². The SMILES string of the molecule is CC(=O)N(CC(=O)NC1CC1)c1ccc2c(c1)OCO2. The fourth-order valence-corrected chi connectivity index (χ4v) is 2.08. The zero-order valence-corrected chi connectivity index (χ0v) is 11.2. The Balaban J connectivity index is 1.75. The van der Waals surface area contributed by atoms with Crippen LogP contribution in [0.25, 0.3) is 0 Å². The van der Waals surface area contributed by atoms with Crippen molar-refractivity contribution in [3.63, 3.8) is 0 Å². The topological polar surface area (TPSA) is 67.9 Å². The molecule has 1 fully saturated rings. The van der Waals surface area contributed by atoms with E-state index in [9.17, 15) is 9.59 Å². The number of nitrogens with one attached hydrogen (secondary N) is 1. The Hall–Kier alpha value is -2.24. The monoisotopic (exact) mass is 276 g/mol. The van der Waals surface area contributed by atoms with Crippen molar-refractivity contribution in [1.82, 2.24) is 5.32 Å². The number of anilines is 1. The molecule has 1 aliphatic heterocycles. The molecule has 6 heteroatoms. The number of carbonyl (C=O) groups excluding carboxylic acids is 2. The average Bonchev–Trinajstić information content (AvgIpc) is 3.09. The molecular weight excluding hydrogens is 260 g/mol. The first-order chi connectivity index (χ1) is 9.63. The molecule has 1 saturated carbocycles. The summed E-state index contributed by atoms with van der Waals surface area (Å²) in [7, 11) is 0. The van der Waals surface area contributed by atoms with E-state index in [0.29, 0.717) is 17.2 Å². The number of benzene rings is 1. The second kappa shape index (κ2) is 5.03. The Morgan fingerprint density at radius 1 is 1.30 bits per heavy atom. The highest BCUT2D eigenvalue weighted by molar-refractivity contribution is 5.97. The van der Waals surface area contributed by atoms with E-state index < -0.39 is 0 Å². The molecule has 1 N–H and O–H groups in total. The molecule has 0 bridgehead atoms. The summed E-state index contributed by atoms with van der Waals surface area (Å²) in [6.45, 7) is 1.64. The lowest BCUT2D eigenvalue weighted by molar-refractivity contribution is -0.123. The lowest BCUT2D eigenvalue weighted by Crippen LogP contribution is -2.40. The molecule has 106 valence electrons. The van der Waals surface area contributed by atoms with Crippen LogP contribution < -0.4 is 19.7 Å². The Kier molecular flexibility index (Phi) is 3.22. The van der Waals surface area contributed by atoms with Gasteiger partial charge in [-0.2, -0.15) is 0 Å². The number of hydrogen-bond donors (Lipinski definition) is 1. The van der Waals surface area contributed by atoms with Gasteiger partial charge in [-0.25, -0.2) is 0 Å². The van der Waals surface area contributed by atoms with Crippen LogP contribution in [-0.4, -0.2) is 31.2 Å². The van der Waals surface area contributed by atoms with Gasteiger partial charge >= 0.3 is 0 Å². The van der Waals surface area contributed by atoms with Gasteiger partial charge in [0.05, 0.1) is 0 Å². The largest absolute Gasteiger partial charge is 0.454 e. The Morgan fingerprint density at radius 2 is 2.05 bits per heavy atom. The third kappa shape index (κ3) is 2.68. The summed E-state index contributed by atoms with van der Waals surface area (Å²) in [6.07, 6.45) is 2.05. The van der Waals surface area contributed by atoms with Crippen LogP contribution in [0, 0.1) is 0 Å². The second-order valence-electron chi connectivity index (χ2n) is 4.98. The second-order valence-corrected chi connectivity index (χ2v) is 4.98. The van der Waals surface area contributed by atoms with Crippen LogP contribution >= 0.6 is 0 Å². The predicted molar refractivity (Wildman–Crippen MR) is 71.8 cm³/mol. The van der Waals surface area contributed by atoms with Crippen molar-refractivity contribution < 1.29 is 19.1 Å². The number of nitrogens with zero attached hydrogens (tertiary/aromatic N) is 1. The fraction of sp³-hybridized carbons (Fsp3) is 0.429. The number of ether oxygens (including phenoxy) is 2. The first-order valence-corrected chi connectivity index (χ1v) is 6.60. The third-order valence-electron chi connectivity index (χ3n) is 3.29. The van der Waals surface area contributed by atoms with Crippen LogP contribution in [0.2, 0.25) is 0 Å². The molecule has 1 aromatic carbocycles. The maximum atomic E-state index is 11.9. The minimum atomic E-state index is -0.185. The molecule has 0 radical (unpaired) electrons.